The highest BCUT2D eigenvalue weighted by Crippen LogP contribution is 2.34. The Kier molecular flexibility index (Phi) is 2.67. The third-order valence-electron chi connectivity index (χ3n) is 3.03. The SMILES string of the molecule is NC[C@@H](c1noc(=O)[nH]1)C1CCCC1. The van der Waals surface area contributed by atoms with Crippen LogP contribution in [-0.2, 0) is 0 Å². The molecule has 1 heterocycles. The molecule has 1 aromatic rings. The van der Waals surface area contributed by atoms with E-state index in [-0.39, 0.29) is 5.92 Å². The Hall–Kier alpha value is -1.10. The van der Waals surface area contributed by atoms with E-state index < -0.39 is 5.76 Å². The number of aromatic nitrogens is 2. The zero-order valence-corrected chi connectivity index (χ0v) is 8.03. The molecule has 1 aliphatic rings. The fourth-order valence-corrected chi connectivity index (χ4v) is 2.29. The van der Waals surface area contributed by atoms with Crippen LogP contribution >= 0.6 is 0 Å². The van der Waals surface area contributed by atoms with Gasteiger partial charge in [0.05, 0.1) is 0 Å². The molecule has 0 saturated heterocycles. The monoisotopic (exact) mass is 197 g/mol. The molecule has 1 fully saturated rings. The fraction of sp³-hybridized carbons (Fsp3) is 0.778. The average molecular weight is 197 g/mol. The summed E-state index contributed by atoms with van der Waals surface area (Å²) in [6, 6.07) is 0. The summed E-state index contributed by atoms with van der Waals surface area (Å²) in [7, 11) is 0. The average Bonchev–Trinajstić information content (AvgIpc) is 2.79. The van der Waals surface area contributed by atoms with Gasteiger partial charge in [-0.25, -0.2) is 4.79 Å². The van der Waals surface area contributed by atoms with Crippen molar-refractivity contribution in [2.75, 3.05) is 6.54 Å². The zero-order valence-electron chi connectivity index (χ0n) is 8.03. The van der Waals surface area contributed by atoms with Crippen LogP contribution in [0, 0.1) is 5.92 Å². The molecular formula is C9H15N3O2. The van der Waals surface area contributed by atoms with E-state index in [1.807, 2.05) is 0 Å². The van der Waals surface area contributed by atoms with Crippen molar-refractivity contribution in [3.8, 4) is 0 Å². The quantitative estimate of drug-likeness (QED) is 0.742. The Morgan fingerprint density at radius 2 is 2.29 bits per heavy atom. The van der Waals surface area contributed by atoms with E-state index in [4.69, 9.17) is 5.73 Å². The highest BCUT2D eigenvalue weighted by atomic mass is 16.5. The van der Waals surface area contributed by atoms with Gasteiger partial charge in [0, 0.05) is 12.5 Å². The van der Waals surface area contributed by atoms with Crippen LogP contribution in [0.15, 0.2) is 9.32 Å². The van der Waals surface area contributed by atoms with Crippen LogP contribution in [0.2, 0.25) is 0 Å². The second-order valence-electron chi connectivity index (χ2n) is 3.87. The minimum absolute atomic E-state index is 0.156. The largest absolute Gasteiger partial charge is 0.438 e. The lowest BCUT2D eigenvalue weighted by atomic mass is 9.90. The van der Waals surface area contributed by atoms with E-state index in [0.717, 1.165) is 0 Å². The molecular weight excluding hydrogens is 182 g/mol. The first-order valence-electron chi connectivity index (χ1n) is 5.07. The standard InChI is InChI=1S/C9H15N3O2/c10-5-7(6-3-1-2-4-6)8-11-9(13)14-12-8/h6-7H,1-5,10H2,(H,11,12,13)/t7-/m1/s1. The third kappa shape index (κ3) is 1.72. The van der Waals surface area contributed by atoms with Gasteiger partial charge in [0.2, 0.25) is 0 Å². The maximum atomic E-state index is 10.8. The van der Waals surface area contributed by atoms with E-state index in [9.17, 15) is 4.79 Å². The van der Waals surface area contributed by atoms with Gasteiger partial charge < -0.3 is 5.73 Å². The van der Waals surface area contributed by atoms with E-state index in [0.29, 0.717) is 18.3 Å². The van der Waals surface area contributed by atoms with Crippen molar-refractivity contribution in [1.82, 2.24) is 10.1 Å². The number of rotatable bonds is 3. The van der Waals surface area contributed by atoms with Crippen LogP contribution in [0.25, 0.3) is 0 Å². The summed E-state index contributed by atoms with van der Waals surface area (Å²) < 4.78 is 4.49. The summed E-state index contributed by atoms with van der Waals surface area (Å²) in [5.41, 5.74) is 5.69. The van der Waals surface area contributed by atoms with Gasteiger partial charge in [-0.1, -0.05) is 18.0 Å². The topological polar surface area (TPSA) is 84.9 Å². The lowest BCUT2D eigenvalue weighted by Gasteiger charge is -2.17. The molecule has 0 aliphatic heterocycles. The van der Waals surface area contributed by atoms with E-state index >= 15 is 0 Å². The van der Waals surface area contributed by atoms with Crippen molar-refractivity contribution in [2.45, 2.75) is 31.6 Å². The van der Waals surface area contributed by atoms with Crippen LogP contribution < -0.4 is 11.5 Å². The van der Waals surface area contributed by atoms with Gasteiger partial charge in [-0.15, -0.1) is 0 Å². The summed E-state index contributed by atoms with van der Waals surface area (Å²) in [4.78, 5) is 13.4. The molecule has 3 N–H and O–H groups in total. The number of nitrogens with two attached hydrogens (primary N) is 1. The molecule has 0 radical (unpaired) electrons. The summed E-state index contributed by atoms with van der Waals surface area (Å²) in [6.07, 6.45) is 4.86. The lowest BCUT2D eigenvalue weighted by molar-refractivity contribution is 0.360. The highest BCUT2D eigenvalue weighted by Gasteiger charge is 2.27. The second-order valence-corrected chi connectivity index (χ2v) is 3.87. The molecule has 0 bridgehead atoms. The zero-order chi connectivity index (χ0) is 9.97. The number of aromatic amines is 1. The Labute approximate surface area is 81.7 Å². The minimum Gasteiger partial charge on any atom is -0.330 e. The highest BCUT2D eigenvalue weighted by molar-refractivity contribution is 4.97. The summed E-state index contributed by atoms with van der Waals surface area (Å²) in [5, 5.41) is 3.71. The summed E-state index contributed by atoms with van der Waals surface area (Å²) in [5.74, 6) is 0.838. The number of hydrogen-bond acceptors (Lipinski definition) is 4. The van der Waals surface area contributed by atoms with Gasteiger partial charge >= 0.3 is 5.76 Å². The van der Waals surface area contributed by atoms with Crippen molar-refractivity contribution >= 4 is 0 Å². The molecule has 14 heavy (non-hydrogen) atoms. The van der Waals surface area contributed by atoms with Crippen molar-refractivity contribution < 1.29 is 4.52 Å². The molecule has 0 aromatic carbocycles. The van der Waals surface area contributed by atoms with Gasteiger partial charge in [-0.05, 0) is 18.8 Å². The molecule has 78 valence electrons. The summed E-state index contributed by atoms with van der Waals surface area (Å²) >= 11 is 0. The number of H-pyrrole nitrogens is 1. The first-order valence-corrected chi connectivity index (χ1v) is 5.07. The van der Waals surface area contributed by atoms with Gasteiger partial charge in [-0.2, -0.15) is 0 Å². The minimum atomic E-state index is -0.489. The van der Waals surface area contributed by atoms with Crippen LogP contribution in [0.5, 0.6) is 0 Å². The molecule has 5 heteroatoms. The molecule has 0 unspecified atom stereocenters. The van der Waals surface area contributed by atoms with Crippen LogP contribution in [0.1, 0.15) is 37.4 Å². The smallest absolute Gasteiger partial charge is 0.330 e. The van der Waals surface area contributed by atoms with Gasteiger partial charge in [0.1, 0.15) is 0 Å². The molecule has 1 saturated carbocycles. The fourth-order valence-electron chi connectivity index (χ4n) is 2.29. The first-order chi connectivity index (χ1) is 6.81. The maximum absolute atomic E-state index is 10.8. The predicted octanol–water partition coefficient (Wildman–Crippen LogP) is 0.595. The van der Waals surface area contributed by atoms with Crippen LogP contribution in [-0.4, -0.2) is 16.7 Å². The van der Waals surface area contributed by atoms with Crippen molar-refractivity contribution in [3.05, 3.63) is 16.4 Å². The van der Waals surface area contributed by atoms with Gasteiger partial charge in [-0.3, -0.25) is 9.51 Å². The predicted molar refractivity (Wildman–Crippen MR) is 50.9 cm³/mol. The lowest BCUT2D eigenvalue weighted by Crippen LogP contribution is -2.21. The third-order valence-corrected chi connectivity index (χ3v) is 3.03. The molecule has 1 atom stereocenters. The van der Waals surface area contributed by atoms with Gasteiger partial charge in [0.15, 0.2) is 5.82 Å². The molecule has 1 aromatic heterocycles. The Bertz CT molecular complexity index is 338. The normalized spacial score (nSPS) is 20.1. The molecule has 2 rings (SSSR count). The number of nitrogens with zero attached hydrogens (tertiary/aromatic N) is 1. The van der Waals surface area contributed by atoms with Crippen LogP contribution in [0.4, 0.5) is 0 Å². The Morgan fingerprint density at radius 3 is 2.79 bits per heavy atom. The molecule has 5 nitrogen and oxygen atoms in total. The number of nitrogens with one attached hydrogen (secondary N) is 1. The van der Waals surface area contributed by atoms with Crippen molar-refractivity contribution in [2.24, 2.45) is 11.7 Å². The molecule has 0 spiro atoms. The summed E-state index contributed by atoms with van der Waals surface area (Å²) in [6.45, 7) is 0.521. The Balaban J connectivity index is 2.16. The van der Waals surface area contributed by atoms with E-state index in [1.165, 1.54) is 25.7 Å². The second kappa shape index (κ2) is 3.96. The van der Waals surface area contributed by atoms with Crippen molar-refractivity contribution in [1.29, 1.82) is 0 Å². The molecule has 0 amide bonds. The Morgan fingerprint density at radius 1 is 1.57 bits per heavy atom. The van der Waals surface area contributed by atoms with Gasteiger partial charge in [0.25, 0.3) is 0 Å². The van der Waals surface area contributed by atoms with E-state index in [1.54, 1.807) is 0 Å². The number of hydrogen-bond donors (Lipinski definition) is 2. The van der Waals surface area contributed by atoms with E-state index in [2.05, 4.69) is 14.7 Å². The van der Waals surface area contributed by atoms with Crippen LogP contribution in [0.3, 0.4) is 0 Å². The maximum Gasteiger partial charge on any atom is 0.438 e. The first kappa shape index (κ1) is 9.45. The molecule has 1 aliphatic carbocycles. The van der Waals surface area contributed by atoms with Crippen molar-refractivity contribution in [3.63, 3.8) is 0 Å².